The highest BCUT2D eigenvalue weighted by Crippen LogP contribution is 2.27. The van der Waals surface area contributed by atoms with E-state index in [-0.39, 0.29) is 5.91 Å². The van der Waals surface area contributed by atoms with Crippen molar-refractivity contribution in [3.8, 4) is 0 Å². The van der Waals surface area contributed by atoms with Crippen molar-refractivity contribution in [3.05, 3.63) is 36.5 Å². The Morgan fingerprint density at radius 2 is 1.96 bits per heavy atom. The van der Waals surface area contributed by atoms with Crippen LogP contribution in [0.5, 0.6) is 0 Å². The van der Waals surface area contributed by atoms with Crippen LogP contribution in [0.25, 0.3) is 0 Å². The second-order valence-corrected chi connectivity index (χ2v) is 7.24. The van der Waals surface area contributed by atoms with E-state index in [1.54, 1.807) is 18.5 Å². The minimum atomic E-state index is -0.0397. The zero-order chi connectivity index (χ0) is 18.6. The molecule has 2 aliphatic heterocycles. The molecule has 1 atom stereocenters. The summed E-state index contributed by atoms with van der Waals surface area (Å²) in [7, 11) is 0. The fourth-order valence-electron chi connectivity index (χ4n) is 4.09. The number of piperidine rings is 1. The largest absolute Gasteiger partial charge is 0.459 e. The van der Waals surface area contributed by atoms with Crippen LogP contribution in [0, 0.1) is 0 Å². The van der Waals surface area contributed by atoms with Gasteiger partial charge >= 0.3 is 0 Å². The van der Waals surface area contributed by atoms with Crippen LogP contribution in [0.15, 0.2) is 35.2 Å². The summed E-state index contributed by atoms with van der Waals surface area (Å²) < 4.78 is 5.23. The van der Waals surface area contributed by atoms with Gasteiger partial charge in [-0.25, -0.2) is 9.97 Å². The van der Waals surface area contributed by atoms with E-state index in [0.29, 0.717) is 24.9 Å². The first-order chi connectivity index (χ1) is 13.3. The molecule has 4 rings (SSSR count). The summed E-state index contributed by atoms with van der Waals surface area (Å²) in [6, 6.07) is 6.15. The summed E-state index contributed by atoms with van der Waals surface area (Å²) in [6.45, 7) is 6.18. The first-order valence-corrected chi connectivity index (χ1v) is 9.92. The lowest BCUT2D eigenvalue weighted by Crippen LogP contribution is -2.49. The molecule has 0 N–H and O–H groups in total. The number of furan rings is 1. The molecule has 7 nitrogen and oxygen atoms in total. The lowest BCUT2D eigenvalue weighted by Gasteiger charge is -2.37. The zero-order valence-electron chi connectivity index (χ0n) is 15.9. The van der Waals surface area contributed by atoms with Crippen molar-refractivity contribution in [2.75, 3.05) is 42.5 Å². The molecule has 0 spiro atoms. The Morgan fingerprint density at radius 3 is 2.70 bits per heavy atom. The summed E-state index contributed by atoms with van der Waals surface area (Å²) in [4.78, 5) is 28.0. The van der Waals surface area contributed by atoms with Crippen LogP contribution >= 0.6 is 0 Å². The molecule has 1 unspecified atom stereocenters. The average Bonchev–Trinajstić information content (AvgIpc) is 3.28. The number of aromatic nitrogens is 2. The maximum Gasteiger partial charge on any atom is 0.289 e. The fraction of sp³-hybridized carbons (Fsp3) is 0.550. The number of rotatable bonds is 4. The third-order valence-corrected chi connectivity index (χ3v) is 5.65. The van der Waals surface area contributed by atoms with Crippen molar-refractivity contribution in [1.29, 1.82) is 0 Å². The molecule has 0 radical (unpaired) electrons. The van der Waals surface area contributed by atoms with E-state index in [1.165, 1.54) is 25.5 Å². The van der Waals surface area contributed by atoms with Crippen molar-refractivity contribution in [2.45, 2.75) is 38.6 Å². The van der Waals surface area contributed by atoms with Crippen molar-refractivity contribution in [2.24, 2.45) is 0 Å². The van der Waals surface area contributed by atoms with E-state index < -0.39 is 0 Å². The number of anilines is 2. The quantitative estimate of drug-likeness (QED) is 0.826. The Labute approximate surface area is 160 Å². The Balaban J connectivity index is 1.42. The molecule has 2 aromatic heterocycles. The maximum atomic E-state index is 12.4. The van der Waals surface area contributed by atoms with E-state index >= 15 is 0 Å². The fourth-order valence-corrected chi connectivity index (χ4v) is 4.09. The first kappa shape index (κ1) is 17.8. The molecule has 2 fully saturated rings. The third-order valence-electron chi connectivity index (χ3n) is 5.65. The molecular weight excluding hydrogens is 342 g/mol. The topological polar surface area (TPSA) is 65.7 Å². The molecule has 2 aliphatic rings. The maximum absolute atomic E-state index is 12.4. The monoisotopic (exact) mass is 369 g/mol. The highest BCUT2D eigenvalue weighted by Gasteiger charge is 2.26. The Kier molecular flexibility index (Phi) is 5.27. The van der Waals surface area contributed by atoms with Crippen molar-refractivity contribution in [1.82, 2.24) is 14.9 Å². The van der Waals surface area contributed by atoms with E-state index in [1.807, 2.05) is 4.90 Å². The highest BCUT2D eigenvalue weighted by atomic mass is 16.3. The van der Waals surface area contributed by atoms with Crippen LogP contribution in [-0.4, -0.2) is 59.5 Å². The Hall–Kier alpha value is -2.57. The Morgan fingerprint density at radius 1 is 1.15 bits per heavy atom. The van der Waals surface area contributed by atoms with Crippen LogP contribution in [0.4, 0.5) is 11.6 Å². The average molecular weight is 369 g/mol. The smallest absolute Gasteiger partial charge is 0.289 e. The van der Waals surface area contributed by atoms with Crippen molar-refractivity contribution in [3.63, 3.8) is 0 Å². The van der Waals surface area contributed by atoms with Gasteiger partial charge in [0.1, 0.15) is 18.0 Å². The van der Waals surface area contributed by atoms with Gasteiger partial charge in [0.05, 0.1) is 6.26 Å². The van der Waals surface area contributed by atoms with Gasteiger partial charge in [0, 0.05) is 44.8 Å². The number of hydrogen-bond donors (Lipinski definition) is 0. The molecule has 1 amide bonds. The summed E-state index contributed by atoms with van der Waals surface area (Å²) >= 11 is 0. The second kappa shape index (κ2) is 7.98. The van der Waals surface area contributed by atoms with Gasteiger partial charge in [-0.2, -0.15) is 0 Å². The second-order valence-electron chi connectivity index (χ2n) is 7.24. The zero-order valence-corrected chi connectivity index (χ0v) is 15.9. The van der Waals surface area contributed by atoms with E-state index in [2.05, 4.69) is 32.8 Å². The van der Waals surface area contributed by atoms with Gasteiger partial charge in [0.2, 0.25) is 0 Å². The predicted molar refractivity (Wildman–Crippen MR) is 104 cm³/mol. The molecular formula is C20H27N5O2. The van der Waals surface area contributed by atoms with Gasteiger partial charge in [-0.05, 0) is 37.8 Å². The lowest BCUT2D eigenvalue weighted by molar-refractivity contribution is 0.0714. The van der Waals surface area contributed by atoms with Gasteiger partial charge in [0.15, 0.2) is 5.76 Å². The van der Waals surface area contributed by atoms with E-state index in [9.17, 15) is 4.79 Å². The van der Waals surface area contributed by atoms with Crippen LogP contribution < -0.4 is 9.80 Å². The normalized spacial score (nSPS) is 20.8. The first-order valence-electron chi connectivity index (χ1n) is 9.92. The molecule has 0 saturated carbocycles. The summed E-state index contributed by atoms with van der Waals surface area (Å²) in [5.74, 6) is 2.34. The molecule has 2 saturated heterocycles. The lowest BCUT2D eigenvalue weighted by atomic mass is 10.00. The number of amides is 1. The van der Waals surface area contributed by atoms with Crippen LogP contribution in [0.1, 0.15) is 43.2 Å². The number of hydrogen-bond acceptors (Lipinski definition) is 6. The highest BCUT2D eigenvalue weighted by molar-refractivity contribution is 5.91. The van der Waals surface area contributed by atoms with Gasteiger partial charge in [-0.3, -0.25) is 4.79 Å². The summed E-state index contributed by atoms with van der Waals surface area (Å²) in [5, 5.41) is 0. The molecule has 0 aliphatic carbocycles. The SMILES string of the molecule is CCC1CCCCN1c1cc(N2CCN(C(=O)c3ccco3)CC2)ncn1. The number of carbonyl (C=O) groups excluding carboxylic acids is 1. The number of nitrogens with zero attached hydrogens (tertiary/aromatic N) is 5. The van der Waals surface area contributed by atoms with Gasteiger partial charge < -0.3 is 19.1 Å². The summed E-state index contributed by atoms with van der Waals surface area (Å²) in [6.07, 6.45) is 8.13. The van der Waals surface area contributed by atoms with Crippen molar-refractivity contribution >= 4 is 17.5 Å². The number of piperazine rings is 1. The minimum absolute atomic E-state index is 0.0397. The molecule has 144 valence electrons. The standard InChI is InChI=1S/C20H27N5O2/c1-2-16-6-3-4-8-25(16)19-14-18(21-15-22-19)23-9-11-24(12-10-23)20(26)17-7-5-13-27-17/h5,7,13-16H,2-4,6,8-12H2,1H3. The Bertz CT molecular complexity index is 755. The molecule has 2 aromatic rings. The minimum Gasteiger partial charge on any atom is -0.459 e. The summed E-state index contributed by atoms with van der Waals surface area (Å²) in [5.41, 5.74) is 0. The van der Waals surface area contributed by atoms with E-state index in [4.69, 9.17) is 4.42 Å². The molecule has 7 heteroatoms. The van der Waals surface area contributed by atoms with Gasteiger partial charge in [-0.1, -0.05) is 6.92 Å². The third kappa shape index (κ3) is 3.77. The molecule has 27 heavy (non-hydrogen) atoms. The number of carbonyl (C=O) groups is 1. The van der Waals surface area contributed by atoms with Crippen molar-refractivity contribution < 1.29 is 9.21 Å². The predicted octanol–water partition coefficient (Wildman–Crippen LogP) is 2.80. The van der Waals surface area contributed by atoms with Crippen LogP contribution in [-0.2, 0) is 0 Å². The molecule has 0 aromatic carbocycles. The van der Waals surface area contributed by atoms with Crippen LogP contribution in [0.3, 0.4) is 0 Å². The molecule has 4 heterocycles. The molecule has 0 bridgehead atoms. The van der Waals surface area contributed by atoms with E-state index in [0.717, 1.165) is 37.7 Å². The van der Waals surface area contributed by atoms with Gasteiger partial charge in [-0.15, -0.1) is 0 Å². The van der Waals surface area contributed by atoms with Crippen LogP contribution in [0.2, 0.25) is 0 Å². The van der Waals surface area contributed by atoms with Gasteiger partial charge in [0.25, 0.3) is 5.91 Å².